The van der Waals surface area contributed by atoms with E-state index in [-0.39, 0.29) is 11.2 Å². The number of hydrogen-bond acceptors (Lipinski definition) is 2. The molecule has 1 aliphatic heterocycles. The molecule has 1 heterocycles. The van der Waals surface area contributed by atoms with Crippen molar-refractivity contribution < 1.29 is 4.39 Å². The van der Waals surface area contributed by atoms with Gasteiger partial charge in [0.05, 0.1) is 5.69 Å². The van der Waals surface area contributed by atoms with E-state index in [0.29, 0.717) is 6.04 Å². The largest absolute Gasteiger partial charge is 0.368 e. The molecule has 2 nitrogen and oxygen atoms in total. The standard InChI is InChI=1S/C14H20FIN2/c1-14(2,3)13-9-18(7-6-17-13)12-5-4-10(15)8-11(12)16/h4-5,8,13,17H,6-7,9H2,1-3H3. The van der Waals surface area contributed by atoms with Crippen molar-refractivity contribution in [2.75, 3.05) is 24.5 Å². The fraction of sp³-hybridized carbons (Fsp3) is 0.571. The first kappa shape index (κ1) is 14.1. The second-order valence-electron chi connectivity index (χ2n) is 5.91. The summed E-state index contributed by atoms with van der Waals surface area (Å²) in [5, 5.41) is 3.57. The van der Waals surface area contributed by atoms with Crippen LogP contribution in [0.15, 0.2) is 18.2 Å². The first-order chi connectivity index (χ1) is 8.38. The Bertz CT molecular complexity index is 428. The Morgan fingerprint density at radius 3 is 2.72 bits per heavy atom. The van der Waals surface area contributed by atoms with Gasteiger partial charge in [0.15, 0.2) is 0 Å². The van der Waals surface area contributed by atoms with Gasteiger partial charge in [-0.1, -0.05) is 20.8 Å². The number of halogens is 2. The molecule has 2 rings (SSSR count). The Morgan fingerprint density at radius 1 is 1.39 bits per heavy atom. The van der Waals surface area contributed by atoms with Gasteiger partial charge in [0, 0.05) is 29.2 Å². The molecule has 100 valence electrons. The maximum Gasteiger partial charge on any atom is 0.124 e. The summed E-state index contributed by atoms with van der Waals surface area (Å²) in [5.74, 6) is -0.161. The van der Waals surface area contributed by atoms with Crippen molar-refractivity contribution in [1.82, 2.24) is 5.32 Å². The highest BCUT2D eigenvalue weighted by Gasteiger charge is 2.29. The lowest BCUT2D eigenvalue weighted by Gasteiger charge is -2.41. The van der Waals surface area contributed by atoms with Gasteiger partial charge in [-0.15, -0.1) is 0 Å². The van der Waals surface area contributed by atoms with Gasteiger partial charge in [0.2, 0.25) is 0 Å². The third kappa shape index (κ3) is 3.15. The molecule has 1 saturated heterocycles. The molecule has 1 atom stereocenters. The van der Waals surface area contributed by atoms with E-state index in [4.69, 9.17) is 0 Å². The molecule has 0 spiro atoms. The molecule has 1 N–H and O–H groups in total. The average molecular weight is 362 g/mol. The van der Waals surface area contributed by atoms with Gasteiger partial charge in [0.1, 0.15) is 5.82 Å². The van der Waals surface area contributed by atoms with E-state index in [1.165, 1.54) is 0 Å². The SMILES string of the molecule is CC(C)(C)C1CN(c2ccc(F)cc2I)CCN1. The van der Waals surface area contributed by atoms with Crippen LogP contribution in [0.3, 0.4) is 0 Å². The molecule has 1 aromatic rings. The van der Waals surface area contributed by atoms with Crippen LogP contribution in [-0.2, 0) is 0 Å². The highest BCUT2D eigenvalue weighted by atomic mass is 127. The van der Waals surface area contributed by atoms with Gasteiger partial charge in [0.25, 0.3) is 0 Å². The number of rotatable bonds is 1. The average Bonchev–Trinajstić information content (AvgIpc) is 2.28. The third-order valence-electron chi connectivity index (χ3n) is 3.47. The Kier molecular flexibility index (Phi) is 4.16. The van der Waals surface area contributed by atoms with Crippen LogP contribution >= 0.6 is 22.6 Å². The first-order valence-electron chi connectivity index (χ1n) is 6.31. The summed E-state index contributed by atoms with van der Waals surface area (Å²) >= 11 is 2.21. The summed E-state index contributed by atoms with van der Waals surface area (Å²) < 4.78 is 14.1. The Hall–Kier alpha value is -0.360. The molecular formula is C14H20FIN2. The molecule has 0 bridgehead atoms. The zero-order valence-electron chi connectivity index (χ0n) is 11.1. The molecule has 0 amide bonds. The zero-order valence-corrected chi connectivity index (χ0v) is 13.3. The minimum atomic E-state index is -0.161. The van der Waals surface area contributed by atoms with E-state index in [9.17, 15) is 4.39 Å². The van der Waals surface area contributed by atoms with Crippen LogP contribution in [0, 0.1) is 14.8 Å². The normalized spacial score (nSPS) is 21.2. The van der Waals surface area contributed by atoms with Gasteiger partial charge in [-0.05, 0) is 46.2 Å². The van der Waals surface area contributed by atoms with Crippen molar-refractivity contribution in [3.8, 4) is 0 Å². The highest BCUT2D eigenvalue weighted by molar-refractivity contribution is 14.1. The van der Waals surface area contributed by atoms with Crippen LogP contribution in [-0.4, -0.2) is 25.7 Å². The van der Waals surface area contributed by atoms with Crippen molar-refractivity contribution in [2.45, 2.75) is 26.8 Å². The molecule has 1 aliphatic rings. The molecule has 18 heavy (non-hydrogen) atoms. The maximum absolute atomic E-state index is 13.1. The molecule has 0 aromatic heterocycles. The second-order valence-corrected chi connectivity index (χ2v) is 7.08. The lowest BCUT2D eigenvalue weighted by Crippen LogP contribution is -2.56. The number of nitrogens with one attached hydrogen (secondary N) is 1. The fourth-order valence-electron chi connectivity index (χ4n) is 2.29. The summed E-state index contributed by atoms with van der Waals surface area (Å²) in [6.07, 6.45) is 0. The van der Waals surface area contributed by atoms with Crippen LogP contribution < -0.4 is 10.2 Å². The van der Waals surface area contributed by atoms with Gasteiger partial charge < -0.3 is 10.2 Å². The van der Waals surface area contributed by atoms with Crippen LogP contribution in [0.25, 0.3) is 0 Å². The molecule has 0 aliphatic carbocycles. The lowest BCUT2D eigenvalue weighted by molar-refractivity contribution is 0.254. The van der Waals surface area contributed by atoms with Crippen molar-refractivity contribution in [3.05, 3.63) is 27.6 Å². The predicted octanol–water partition coefficient (Wildman–Crippen LogP) is 3.25. The molecule has 1 fully saturated rings. The number of anilines is 1. The summed E-state index contributed by atoms with van der Waals surface area (Å²) in [6.45, 7) is 9.70. The van der Waals surface area contributed by atoms with Gasteiger partial charge in [-0.25, -0.2) is 4.39 Å². The fourth-order valence-corrected chi connectivity index (χ4v) is 3.10. The minimum Gasteiger partial charge on any atom is -0.368 e. The molecule has 0 saturated carbocycles. The van der Waals surface area contributed by atoms with Crippen LogP contribution in [0.5, 0.6) is 0 Å². The molecule has 0 radical (unpaired) electrons. The van der Waals surface area contributed by atoms with Gasteiger partial charge >= 0.3 is 0 Å². The van der Waals surface area contributed by atoms with Gasteiger partial charge in [-0.2, -0.15) is 0 Å². The molecule has 1 aromatic carbocycles. The Labute approximate surface area is 122 Å². The number of nitrogens with zero attached hydrogens (tertiary/aromatic N) is 1. The van der Waals surface area contributed by atoms with Crippen LogP contribution in [0.1, 0.15) is 20.8 Å². The van der Waals surface area contributed by atoms with E-state index in [2.05, 4.69) is 53.6 Å². The maximum atomic E-state index is 13.1. The van der Waals surface area contributed by atoms with Crippen molar-refractivity contribution in [3.63, 3.8) is 0 Å². The van der Waals surface area contributed by atoms with E-state index < -0.39 is 0 Å². The summed E-state index contributed by atoms with van der Waals surface area (Å²) in [7, 11) is 0. The van der Waals surface area contributed by atoms with E-state index in [1.807, 2.05) is 6.07 Å². The molecular weight excluding hydrogens is 342 g/mol. The third-order valence-corrected chi connectivity index (χ3v) is 4.34. The first-order valence-corrected chi connectivity index (χ1v) is 7.39. The lowest BCUT2D eigenvalue weighted by atomic mass is 9.85. The number of benzene rings is 1. The smallest absolute Gasteiger partial charge is 0.124 e. The quantitative estimate of drug-likeness (QED) is 0.772. The monoisotopic (exact) mass is 362 g/mol. The van der Waals surface area contributed by atoms with Crippen molar-refractivity contribution in [2.24, 2.45) is 5.41 Å². The predicted molar refractivity (Wildman–Crippen MR) is 82.6 cm³/mol. The topological polar surface area (TPSA) is 15.3 Å². The van der Waals surface area contributed by atoms with Crippen LogP contribution in [0.4, 0.5) is 10.1 Å². The second kappa shape index (κ2) is 5.33. The zero-order chi connectivity index (χ0) is 13.3. The summed E-state index contributed by atoms with van der Waals surface area (Å²) in [4.78, 5) is 2.35. The highest BCUT2D eigenvalue weighted by Crippen LogP contribution is 2.28. The van der Waals surface area contributed by atoms with E-state index >= 15 is 0 Å². The molecule has 1 unspecified atom stereocenters. The number of piperazine rings is 1. The van der Waals surface area contributed by atoms with Crippen molar-refractivity contribution in [1.29, 1.82) is 0 Å². The Morgan fingerprint density at radius 2 is 2.11 bits per heavy atom. The minimum absolute atomic E-state index is 0.161. The van der Waals surface area contributed by atoms with Gasteiger partial charge in [-0.3, -0.25) is 0 Å². The van der Waals surface area contributed by atoms with Crippen LogP contribution in [0.2, 0.25) is 0 Å². The van der Waals surface area contributed by atoms with Crippen molar-refractivity contribution >= 4 is 28.3 Å². The van der Waals surface area contributed by atoms with E-state index in [0.717, 1.165) is 28.9 Å². The number of hydrogen-bond donors (Lipinski definition) is 1. The molecule has 4 heteroatoms. The van der Waals surface area contributed by atoms with E-state index in [1.54, 1.807) is 12.1 Å². The Balaban J connectivity index is 2.18. The summed E-state index contributed by atoms with van der Waals surface area (Å²) in [6, 6.07) is 5.50. The summed E-state index contributed by atoms with van der Waals surface area (Å²) in [5.41, 5.74) is 1.39.